The Hall–Kier alpha value is -1.80. The van der Waals surface area contributed by atoms with Crippen LogP contribution in [0, 0.1) is 11.3 Å². The molecule has 31 heavy (non-hydrogen) atoms. The van der Waals surface area contributed by atoms with Crippen molar-refractivity contribution in [2.24, 2.45) is 0 Å². The highest BCUT2D eigenvalue weighted by atomic mass is 15.2. The summed E-state index contributed by atoms with van der Waals surface area (Å²) in [6.07, 6.45) is 18.0. The average Bonchev–Trinajstić information content (AvgIpc) is 2.85. The summed E-state index contributed by atoms with van der Waals surface area (Å²) in [4.78, 5) is 10.5. The van der Waals surface area contributed by atoms with Crippen molar-refractivity contribution in [1.82, 2.24) is 9.88 Å². The number of pyridine rings is 1. The van der Waals surface area contributed by atoms with Crippen molar-refractivity contribution in [1.29, 1.82) is 5.26 Å². The van der Waals surface area contributed by atoms with Crippen LogP contribution in [-0.4, -0.2) is 41.6 Å². The molecule has 4 aliphatic rings. The quantitative estimate of drug-likeness (QED) is 0.707. The second-order valence-electron chi connectivity index (χ2n) is 10.3. The topological polar surface area (TPSA) is 55.2 Å². The molecule has 0 amide bonds. The van der Waals surface area contributed by atoms with Gasteiger partial charge in [0.1, 0.15) is 17.7 Å². The summed E-state index contributed by atoms with van der Waals surface area (Å²) in [6, 6.07) is 3.77. The molecular formula is C26H39N5. The zero-order valence-electron chi connectivity index (χ0n) is 19.2. The number of nitriles is 1. The van der Waals surface area contributed by atoms with Crippen LogP contribution in [0.3, 0.4) is 0 Å². The van der Waals surface area contributed by atoms with Crippen LogP contribution in [0.5, 0.6) is 0 Å². The molecule has 0 atom stereocenters. The molecule has 3 fully saturated rings. The molecule has 1 saturated heterocycles. The van der Waals surface area contributed by atoms with Crippen molar-refractivity contribution in [3.8, 4) is 6.07 Å². The molecule has 0 spiro atoms. The van der Waals surface area contributed by atoms with E-state index in [2.05, 4.69) is 21.2 Å². The molecule has 2 aliphatic heterocycles. The van der Waals surface area contributed by atoms with Crippen molar-refractivity contribution in [2.45, 2.75) is 109 Å². The Morgan fingerprint density at radius 1 is 0.806 bits per heavy atom. The van der Waals surface area contributed by atoms with E-state index in [4.69, 9.17) is 4.98 Å². The molecule has 0 aromatic carbocycles. The number of nitrogens with zero attached hydrogens (tertiary/aromatic N) is 4. The van der Waals surface area contributed by atoms with Crippen molar-refractivity contribution < 1.29 is 0 Å². The van der Waals surface area contributed by atoms with E-state index in [1.54, 1.807) is 0 Å². The van der Waals surface area contributed by atoms with E-state index in [-0.39, 0.29) is 0 Å². The molecule has 0 radical (unpaired) electrons. The highest BCUT2D eigenvalue weighted by Gasteiger charge is 2.32. The first-order chi connectivity index (χ1) is 15.3. The van der Waals surface area contributed by atoms with E-state index >= 15 is 0 Å². The van der Waals surface area contributed by atoms with Crippen molar-refractivity contribution in [2.75, 3.05) is 29.9 Å². The molecule has 5 heteroatoms. The maximum Gasteiger partial charge on any atom is 0.146 e. The first-order valence-electron chi connectivity index (χ1n) is 13.0. The van der Waals surface area contributed by atoms with E-state index < -0.39 is 0 Å². The molecule has 2 saturated carbocycles. The van der Waals surface area contributed by atoms with Crippen LogP contribution < -0.4 is 10.2 Å². The fourth-order valence-electron chi connectivity index (χ4n) is 6.43. The fraction of sp³-hybridized carbons (Fsp3) is 0.769. The van der Waals surface area contributed by atoms with Crippen LogP contribution in [0.1, 0.15) is 100 Å². The lowest BCUT2D eigenvalue weighted by Gasteiger charge is -2.40. The van der Waals surface area contributed by atoms with Gasteiger partial charge in [0.05, 0.1) is 5.56 Å². The third-order valence-electron chi connectivity index (χ3n) is 8.21. The van der Waals surface area contributed by atoms with Gasteiger partial charge in [-0.05, 0) is 56.9 Å². The Balaban J connectivity index is 1.49. The molecule has 0 bridgehead atoms. The van der Waals surface area contributed by atoms with Gasteiger partial charge in [-0.15, -0.1) is 0 Å². The summed E-state index contributed by atoms with van der Waals surface area (Å²) in [5, 5.41) is 13.9. The predicted octanol–water partition coefficient (Wildman–Crippen LogP) is 5.38. The molecule has 3 heterocycles. The van der Waals surface area contributed by atoms with Gasteiger partial charge >= 0.3 is 0 Å². The number of hydrogen-bond donors (Lipinski definition) is 1. The van der Waals surface area contributed by atoms with Gasteiger partial charge in [-0.2, -0.15) is 5.26 Å². The third kappa shape index (κ3) is 4.55. The molecule has 1 aromatic rings. The standard InChI is InChI=1S/C26H39N5/c27-18-23-22-14-17-31(21-12-6-2-7-13-21)19-24(22)26(30-15-8-3-9-16-30)29-25(23)28-20-10-4-1-5-11-20/h20-21H,1-17,19H2,(H,28,29). The van der Waals surface area contributed by atoms with Crippen molar-refractivity contribution in [3.05, 3.63) is 16.7 Å². The average molecular weight is 422 g/mol. The van der Waals surface area contributed by atoms with Crippen LogP contribution in [0.15, 0.2) is 0 Å². The van der Waals surface area contributed by atoms with Crippen LogP contribution in [-0.2, 0) is 13.0 Å². The summed E-state index contributed by atoms with van der Waals surface area (Å²) < 4.78 is 0. The maximum atomic E-state index is 10.2. The number of rotatable bonds is 4. The van der Waals surface area contributed by atoms with Gasteiger partial charge in [0.2, 0.25) is 0 Å². The number of piperidine rings is 1. The highest BCUT2D eigenvalue weighted by Crippen LogP contribution is 2.37. The van der Waals surface area contributed by atoms with Gasteiger partial charge < -0.3 is 10.2 Å². The van der Waals surface area contributed by atoms with Gasteiger partial charge in [0, 0.05) is 43.8 Å². The number of fused-ring (bicyclic) bond motifs is 1. The van der Waals surface area contributed by atoms with E-state index in [0.29, 0.717) is 6.04 Å². The minimum absolute atomic E-state index is 0.475. The third-order valence-corrected chi connectivity index (χ3v) is 8.21. The summed E-state index contributed by atoms with van der Waals surface area (Å²) in [5.74, 6) is 2.06. The first kappa shape index (κ1) is 21.1. The molecule has 1 aromatic heterocycles. The fourth-order valence-corrected chi connectivity index (χ4v) is 6.43. The molecule has 5 rings (SSSR count). The predicted molar refractivity (Wildman–Crippen MR) is 126 cm³/mol. The summed E-state index contributed by atoms with van der Waals surface area (Å²) in [6.45, 7) is 4.30. The lowest BCUT2D eigenvalue weighted by molar-refractivity contribution is 0.141. The normalized spacial score (nSPS) is 23.9. The molecule has 5 nitrogen and oxygen atoms in total. The summed E-state index contributed by atoms with van der Waals surface area (Å²) in [7, 11) is 0. The lowest BCUT2D eigenvalue weighted by atomic mass is 9.89. The highest BCUT2D eigenvalue weighted by molar-refractivity contribution is 5.67. The van der Waals surface area contributed by atoms with Gasteiger partial charge in [0.15, 0.2) is 0 Å². The largest absolute Gasteiger partial charge is 0.366 e. The van der Waals surface area contributed by atoms with Gasteiger partial charge in [-0.25, -0.2) is 4.98 Å². The Morgan fingerprint density at radius 3 is 2.19 bits per heavy atom. The van der Waals surface area contributed by atoms with E-state index in [0.717, 1.165) is 50.0 Å². The molecule has 2 aliphatic carbocycles. The Kier molecular flexibility index (Phi) is 6.64. The van der Waals surface area contributed by atoms with Crippen molar-refractivity contribution in [3.63, 3.8) is 0 Å². The monoisotopic (exact) mass is 421 g/mol. The number of anilines is 2. The van der Waals surface area contributed by atoms with Crippen LogP contribution >= 0.6 is 0 Å². The zero-order valence-corrected chi connectivity index (χ0v) is 19.2. The lowest BCUT2D eigenvalue weighted by Crippen LogP contribution is -2.42. The van der Waals surface area contributed by atoms with Gasteiger partial charge in [-0.1, -0.05) is 38.5 Å². The van der Waals surface area contributed by atoms with E-state index in [9.17, 15) is 5.26 Å². The van der Waals surface area contributed by atoms with Crippen LogP contribution in [0.4, 0.5) is 11.6 Å². The number of nitrogens with one attached hydrogen (secondary N) is 1. The Bertz CT molecular complexity index is 795. The summed E-state index contributed by atoms with van der Waals surface area (Å²) >= 11 is 0. The SMILES string of the molecule is N#Cc1c(NC2CCCCC2)nc(N2CCCCC2)c2c1CCN(C1CCCCC1)C2. The zero-order chi connectivity index (χ0) is 21.0. The minimum atomic E-state index is 0.475. The van der Waals surface area contributed by atoms with E-state index in [1.165, 1.54) is 100 Å². The summed E-state index contributed by atoms with van der Waals surface area (Å²) in [5.41, 5.74) is 3.50. The second-order valence-corrected chi connectivity index (χ2v) is 10.3. The molecule has 0 unspecified atom stereocenters. The van der Waals surface area contributed by atoms with Crippen LogP contribution in [0.25, 0.3) is 0 Å². The van der Waals surface area contributed by atoms with Gasteiger partial charge in [0.25, 0.3) is 0 Å². The van der Waals surface area contributed by atoms with Crippen molar-refractivity contribution >= 4 is 11.6 Å². The molecule has 1 N–H and O–H groups in total. The Labute approximate surface area is 188 Å². The second kappa shape index (κ2) is 9.77. The smallest absolute Gasteiger partial charge is 0.146 e. The number of aromatic nitrogens is 1. The van der Waals surface area contributed by atoms with Crippen LogP contribution in [0.2, 0.25) is 0 Å². The van der Waals surface area contributed by atoms with Gasteiger partial charge in [-0.3, -0.25) is 4.90 Å². The molecular weight excluding hydrogens is 382 g/mol. The molecule has 168 valence electrons. The Morgan fingerprint density at radius 2 is 1.48 bits per heavy atom. The maximum absolute atomic E-state index is 10.2. The number of hydrogen-bond acceptors (Lipinski definition) is 5. The van der Waals surface area contributed by atoms with E-state index in [1.807, 2.05) is 0 Å². The minimum Gasteiger partial charge on any atom is -0.366 e. The first-order valence-corrected chi connectivity index (χ1v) is 13.0.